The highest BCUT2D eigenvalue weighted by atomic mass is 16.5. The maximum atomic E-state index is 5.75. The van der Waals surface area contributed by atoms with E-state index in [-0.39, 0.29) is 0 Å². The van der Waals surface area contributed by atoms with Gasteiger partial charge in [0.25, 0.3) is 0 Å². The second-order valence-electron chi connectivity index (χ2n) is 4.99. The molecule has 0 bridgehead atoms. The minimum atomic E-state index is 0.704. The van der Waals surface area contributed by atoms with Crippen LogP contribution in [0.2, 0.25) is 0 Å². The fourth-order valence-electron chi connectivity index (χ4n) is 2.02. The lowest BCUT2D eigenvalue weighted by molar-refractivity contribution is 0.0859. The Balaban J connectivity index is 2.14. The van der Waals surface area contributed by atoms with Crippen LogP contribution in [-0.4, -0.2) is 35.3 Å². The van der Waals surface area contributed by atoms with E-state index in [0.29, 0.717) is 12.5 Å². The average molecular weight is 268 g/mol. The zero-order valence-electron chi connectivity index (χ0n) is 12.6. The van der Waals surface area contributed by atoms with Gasteiger partial charge in [0.05, 0.1) is 18.8 Å². The van der Waals surface area contributed by atoms with Gasteiger partial charge in [-0.2, -0.15) is 0 Å². The summed E-state index contributed by atoms with van der Waals surface area (Å²) < 4.78 is 7.60. The van der Waals surface area contributed by atoms with E-state index in [1.54, 1.807) is 0 Å². The normalized spacial score (nSPS) is 12.8. The molecule has 110 valence electrons. The molecular weight excluding hydrogens is 240 g/mol. The Hall–Kier alpha value is -0.940. The molecule has 0 aliphatic rings. The van der Waals surface area contributed by atoms with E-state index in [4.69, 9.17) is 4.74 Å². The summed E-state index contributed by atoms with van der Waals surface area (Å²) in [5.41, 5.74) is 0.969. The van der Waals surface area contributed by atoms with Crippen LogP contribution in [0.3, 0.4) is 0 Å². The first-order valence-corrected chi connectivity index (χ1v) is 7.41. The van der Waals surface area contributed by atoms with E-state index in [2.05, 4.69) is 29.5 Å². The van der Waals surface area contributed by atoms with Crippen molar-refractivity contribution in [2.24, 2.45) is 5.92 Å². The Kier molecular flexibility index (Phi) is 8.41. The Labute approximate surface area is 116 Å². The maximum absolute atomic E-state index is 5.75. The molecule has 0 radical (unpaired) electrons. The molecule has 19 heavy (non-hydrogen) atoms. The molecule has 1 unspecified atom stereocenters. The molecule has 1 heterocycles. The van der Waals surface area contributed by atoms with Crippen molar-refractivity contribution in [1.82, 2.24) is 20.3 Å². The number of nitrogens with zero attached hydrogens (tertiary/aromatic N) is 3. The average Bonchev–Trinajstić information content (AvgIpc) is 2.86. The molecule has 0 saturated heterocycles. The molecule has 5 heteroatoms. The lowest BCUT2D eigenvalue weighted by Gasteiger charge is -2.14. The second kappa shape index (κ2) is 9.92. The third kappa shape index (κ3) is 6.68. The van der Waals surface area contributed by atoms with Crippen LogP contribution in [0.4, 0.5) is 0 Å². The highest BCUT2D eigenvalue weighted by Gasteiger charge is 2.06. The first-order valence-electron chi connectivity index (χ1n) is 7.41. The van der Waals surface area contributed by atoms with Crippen LogP contribution >= 0.6 is 0 Å². The highest BCUT2D eigenvalue weighted by Crippen LogP contribution is 2.12. The summed E-state index contributed by atoms with van der Waals surface area (Å²) in [5, 5.41) is 11.2. The maximum Gasteiger partial charge on any atom is 0.0964 e. The van der Waals surface area contributed by atoms with Crippen LogP contribution < -0.4 is 5.32 Å². The molecule has 0 aromatic carbocycles. The van der Waals surface area contributed by atoms with E-state index < -0.39 is 0 Å². The first-order chi connectivity index (χ1) is 9.30. The quantitative estimate of drug-likeness (QED) is 0.625. The van der Waals surface area contributed by atoms with Gasteiger partial charge in [-0.1, -0.05) is 38.3 Å². The third-order valence-electron chi connectivity index (χ3n) is 3.31. The number of hydrogen-bond donors (Lipinski definition) is 1. The molecule has 0 aliphatic heterocycles. The van der Waals surface area contributed by atoms with Crippen LogP contribution in [0, 0.1) is 5.92 Å². The highest BCUT2D eigenvalue weighted by molar-refractivity contribution is 4.90. The standard InChI is InChI=1S/C14H28N4O/c1-4-6-7-13(5-2)12-19-9-8-18-11-14(10-15-3)16-17-18/h11,13,15H,4-10,12H2,1-3H3. The van der Waals surface area contributed by atoms with Gasteiger partial charge in [-0.25, -0.2) is 4.68 Å². The Bertz CT molecular complexity index is 327. The van der Waals surface area contributed by atoms with Crippen LogP contribution in [0.5, 0.6) is 0 Å². The largest absolute Gasteiger partial charge is 0.379 e. The summed E-state index contributed by atoms with van der Waals surface area (Å²) >= 11 is 0. The first kappa shape index (κ1) is 16.1. The van der Waals surface area contributed by atoms with Crippen LogP contribution in [0.25, 0.3) is 0 Å². The van der Waals surface area contributed by atoms with Crippen molar-refractivity contribution < 1.29 is 4.74 Å². The summed E-state index contributed by atoms with van der Waals surface area (Å²) in [6.07, 6.45) is 7.02. The predicted octanol–water partition coefficient (Wildman–Crippen LogP) is 2.23. The summed E-state index contributed by atoms with van der Waals surface area (Å²) in [6, 6.07) is 0. The zero-order chi connectivity index (χ0) is 13.9. The van der Waals surface area contributed by atoms with Crippen molar-refractivity contribution in [2.75, 3.05) is 20.3 Å². The molecule has 5 nitrogen and oxygen atoms in total. The van der Waals surface area contributed by atoms with Gasteiger partial charge < -0.3 is 10.1 Å². The lowest BCUT2D eigenvalue weighted by Crippen LogP contribution is -2.13. The van der Waals surface area contributed by atoms with Crippen LogP contribution in [-0.2, 0) is 17.8 Å². The molecular formula is C14H28N4O. The fourth-order valence-corrected chi connectivity index (χ4v) is 2.02. The number of unbranched alkanes of at least 4 members (excludes halogenated alkanes) is 1. The van der Waals surface area contributed by atoms with Crippen LogP contribution in [0.15, 0.2) is 6.20 Å². The van der Waals surface area contributed by atoms with Gasteiger partial charge in [0.2, 0.25) is 0 Å². The van der Waals surface area contributed by atoms with Crippen molar-refractivity contribution in [3.05, 3.63) is 11.9 Å². The second-order valence-corrected chi connectivity index (χ2v) is 4.99. The Morgan fingerprint density at radius 3 is 2.95 bits per heavy atom. The van der Waals surface area contributed by atoms with Crippen LogP contribution in [0.1, 0.15) is 45.2 Å². The molecule has 0 aliphatic carbocycles. The Morgan fingerprint density at radius 1 is 1.42 bits per heavy atom. The van der Waals surface area contributed by atoms with E-state index in [1.165, 1.54) is 25.7 Å². The van der Waals surface area contributed by atoms with E-state index in [1.807, 2.05) is 17.9 Å². The topological polar surface area (TPSA) is 52.0 Å². The number of rotatable bonds is 11. The molecule has 0 fully saturated rings. The molecule has 1 aromatic rings. The summed E-state index contributed by atoms with van der Waals surface area (Å²) in [6.45, 7) is 7.60. The minimum Gasteiger partial charge on any atom is -0.379 e. The monoisotopic (exact) mass is 268 g/mol. The molecule has 1 aromatic heterocycles. The van der Waals surface area contributed by atoms with Crippen molar-refractivity contribution in [1.29, 1.82) is 0 Å². The van der Waals surface area contributed by atoms with Gasteiger partial charge in [-0.15, -0.1) is 5.10 Å². The smallest absolute Gasteiger partial charge is 0.0964 e. The van der Waals surface area contributed by atoms with E-state index >= 15 is 0 Å². The van der Waals surface area contributed by atoms with Gasteiger partial charge in [-0.05, 0) is 19.4 Å². The summed E-state index contributed by atoms with van der Waals surface area (Å²) in [5.74, 6) is 0.704. The van der Waals surface area contributed by atoms with Gasteiger partial charge in [-0.3, -0.25) is 0 Å². The van der Waals surface area contributed by atoms with Crippen molar-refractivity contribution in [3.8, 4) is 0 Å². The minimum absolute atomic E-state index is 0.704. The van der Waals surface area contributed by atoms with Gasteiger partial charge >= 0.3 is 0 Å². The zero-order valence-corrected chi connectivity index (χ0v) is 12.6. The molecule has 1 rings (SSSR count). The molecule has 0 saturated carbocycles. The van der Waals surface area contributed by atoms with Gasteiger partial charge in [0, 0.05) is 19.3 Å². The van der Waals surface area contributed by atoms with Gasteiger partial charge in [0.1, 0.15) is 0 Å². The van der Waals surface area contributed by atoms with E-state index in [9.17, 15) is 0 Å². The van der Waals surface area contributed by atoms with Crippen molar-refractivity contribution in [2.45, 2.75) is 52.6 Å². The van der Waals surface area contributed by atoms with Crippen molar-refractivity contribution in [3.63, 3.8) is 0 Å². The van der Waals surface area contributed by atoms with Crippen molar-refractivity contribution >= 4 is 0 Å². The number of ether oxygens (including phenoxy) is 1. The predicted molar refractivity (Wildman–Crippen MR) is 76.9 cm³/mol. The Morgan fingerprint density at radius 2 is 2.26 bits per heavy atom. The number of aromatic nitrogens is 3. The summed E-state index contributed by atoms with van der Waals surface area (Å²) in [4.78, 5) is 0. The van der Waals surface area contributed by atoms with E-state index in [0.717, 1.165) is 25.4 Å². The molecule has 1 atom stereocenters. The molecule has 0 spiro atoms. The third-order valence-corrected chi connectivity index (χ3v) is 3.31. The molecule has 1 N–H and O–H groups in total. The lowest BCUT2D eigenvalue weighted by atomic mass is 10.0. The number of nitrogens with one attached hydrogen (secondary N) is 1. The summed E-state index contributed by atoms with van der Waals surface area (Å²) in [7, 11) is 1.91. The SMILES string of the molecule is CCCCC(CC)COCCn1cc(CNC)nn1. The number of hydrogen-bond acceptors (Lipinski definition) is 4. The molecule has 0 amide bonds. The fraction of sp³-hybridized carbons (Fsp3) is 0.857. The van der Waals surface area contributed by atoms with Gasteiger partial charge in [0.15, 0.2) is 0 Å².